The number of carbonyl (C=O) groups is 1. The first-order valence-corrected chi connectivity index (χ1v) is 7.09. The van der Waals surface area contributed by atoms with Gasteiger partial charge >= 0.3 is 0 Å². The molecule has 1 amide bonds. The van der Waals surface area contributed by atoms with Gasteiger partial charge in [0.2, 0.25) is 6.79 Å². The number of ether oxygens (including phenoxy) is 3. The normalized spacial score (nSPS) is 19.3. The summed E-state index contributed by atoms with van der Waals surface area (Å²) in [6, 6.07) is 5.11. The molecule has 0 saturated carbocycles. The standard InChI is InChI=1S/C15H19NO5/c17-9-15(3-5-19-6-4-15)8-16-14(18)11-1-2-12-13(7-11)21-10-20-12/h1-2,7,17H,3-6,8-10H2,(H,16,18). The highest BCUT2D eigenvalue weighted by molar-refractivity contribution is 5.94. The van der Waals surface area contributed by atoms with E-state index in [2.05, 4.69) is 5.32 Å². The molecule has 0 spiro atoms. The van der Waals surface area contributed by atoms with Crippen LogP contribution in [-0.4, -0.2) is 44.2 Å². The van der Waals surface area contributed by atoms with Gasteiger partial charge in [0.05, 0.1) is 6.61 Å². The smallest absolute Gasteiger partial charge is 0.251 e. The van der Waals surface area contributed by atoms with E-state index < -0.39 is 0 Å². The zero-order chi connectivity index (χ0) is 14.7. The molecule has 0 unspecified atom stereocenters. The summed E-state index contributed by atoms with van der Waals surface area (Å²) in [5.41, 5.74) is 0.254. The molecular formula is C15H19NO5. The maximum atomic E-state index is 12.2. The van der Waals surface area contributed by atoms with Crippen molar-refractivity contribution in [3.05, 3.63) is 23.8 Å². The molecule has 114 valence electrons. The summed E-state index contributed by atoms with van der Waals surface area (Å²) in [4.78, 5) is 12.2. The summed E-state index contributed by atoms with van der Waals surface area (Å²) in [6.45, 7) is 1.94. The molecule has 0 bridgehead atoms. The Hall–Kier alpha value is -1.79. The van der Waals surface area contributed by atoms with E-state index >= 15 is 0 Å². The third kappa shape index (κ3) is 2.96. The van der Waals surface area contributed by atoms with Crippen molar-refractivity contribution in [2.24, 2.45) is 5.41 Å². The van der Waals surface area contributed by atoms with Crippen LogP contribution in [0.25, 0.3) is 0 Å². The van der Waals surface area contributed by atoms with Gasteiger partial charge in [-0.15, -0.1) is 0 Å². The molecule has 0 radical (unpaired) electrons. The first kappa shape index (κ1) is 14.2. The number of hydrogen-bond donors (Lipinski definition) is 2. The van der Waals surface area contributed by atoms with E-state index in [4.69, 9.17) is 14.2 Å². The fourth-order valence-corrected chi connectivity index (χ4v) is 2.60. The highest BCUT2D eigenvalue weighted by Crippen LogP contribution is 2.33. The monoisotopic (exact) mass is 293 g/mol. The number of fused-ring (bicyclic) bond motifs is 1. The van der Waals surface area contributed by atoms with Crippen molar-refractivity contribution in [2.45, 2.75) is 12.8 Å². The summed E-state index contributed by atoms with van der Waals surface area (Å²) in [5, 5.41) is 12.5. The predicted molar refractivity (Wildman–Crippen MR) is 74.5 cm³/mol. The summed E-state index contributed by atoms with van der Waals surface area (Å²) in [7, 11) is 0. The molecule has 1 fully saturated rings. The highest BCUT2D eigenvalue weighted by atomic mass is 16.7. The van der Waals surface area contributed by atoms with Gasteiger partial charge in [0.25, 0.3) is 5.91 Å². The Bertz CT molecular complexity index is 525. The molecule has 1 saturated heterocycles. The summed E-state index contributed by atoms with van der Waals surface area (Å²) in [6.07, 6.45) is 1.51. The fourth-order valence-electron chi connectivity index (χ4n) is 2.60. The van der Waals surface area contributed by atoms with Gasteiger partial charge in [0.15, 0.2) is 11.5 Å². The average Bonchev–Trinajstić information content (AvgIpc) is 3.01. The van der Waals surface area contributed by atoms with Crippen LogP contribution in [0.2, 0.25) is 0 Å². The molecule has 1 aromatic rings. The van der Waals surface area contributed by atoms with Crippen LogP contribution in [0.5, 0.6) is 11.5 Å². The Kier molecular flexibility index (Phi) is 3.98. The van der Waals surface area contributed by atoms with E-state index in [9.17, 15) is 9.90 Å². The predicted octanol–water partition coefficient (Wildman–Crippen LogP) is 0.934. The zero-order valence-corrected chi connectivity index (χ0v) is 11.8. The number of benzene rings is 1. The van der Waals surface area contributed by atoms with Gasteiger partial charge in [-0.05, 0) is 31.0 Å². The van der Waals surface area contributed by atoms with Gasteiger partial charge in [-0.2, -0.15) is 0 Å². The number of hydrogen-bond acceptors (Lipinski definition) is 5. The van der Waals surface area contributed by atoms with Gasteiger partial charge in [-0.1, -0.05) is 0 Å². The van der Waals surface area contributed by atoms with Crippen molar-refractivity contribution < 1.29 is 24.1 Å². The second-order valence-electron chi connectivity index (χ2n) is 5.52. The molecule has 2 aliphatic rings. The van der Waals surface area contributed by atoms with E-state index in [1.807, 2.05) is 0 Å². The molecule has 0 aliphatic carbocycles. The van der Waals surface area contributed by atoms with Crippen LogP contribution >= 0.6 is 0 Å². The topological polar surface area (TPSA) is 77.0 Å². The molecule has 0 atom stereocenters. The molecule has 6 nitrogen and oxygen atoms in total. The molecule has 2 aliphatic heterocycles. The largest absolute Gasteiger partial charge is 0.454 e. The number of aliphatic hydroxyl groups is 1. The Balaban J connectivity index is 1.63. The Labute approximate surface area is 123 Å². The van der Waals surface area contributed by atoms with Crippen molar-refractivity contribution >= 4 is 5.91 Å². The first-order chi connectivity index (χ1) is 10.2. The van der Waals surface area contributed by atoms with E-state index in [1.54, 1.807) is 18.2 Å². The molecule has 0 aromatic heterocycles. The van der Waals surface area contributed by atoms with Crippen molar-refractivity contribution in [3.8, 4) is 11.5 Å². The maximum Gasteiger partial charge on any atom is 0.251 e. The lowest BCUT2D eigenvalue weighted by Crippen LogP contribution is -2.43. The third-order valence-corrected chi connectivity index (χ3v) is 4.15. The lowest BCUT2D eigenvalue weighted by molar-refractivity contribution is -0.0146. The van der Waals surface area contributed by atoms with E-state index in [0.717, 1.165) is 12.8 Å². The lowest BCUT2D eigenvalue weighted by Gasteiger charge is -2.35. The minimum absolute atomic E-state index is 0.0534. The molecule has 6 heteroatoms. The van der Waals surface area contributed by atoms with Gasteiger partial charge in [0.1, 0.15) is 0 Å². The number of nitrogens with one attached hydrogen (secondary N) is 1. The Morgan fingerprint density at radius 3 is 2.76 bits per heavy atom. The minimum atomic E-state index is -0.274. The molecule has 21 heavy (non-hydrogen) atoms. The van der Waals surface area contributed by atoms with Crippen LogP contribution in [-0.2, 0) is 4.74 Å². The second-order valence-corrected chi connectivity index (χ2v) is 5.52. The van der Waals surface area contributed by atoms with Crippen LogP contribution < -0.4 is 14.8 Å². The van der Waals surface area contributed by atoms with Gasteiger partial charge in [0, 0.05) is 30.7 Å². The van der Waals surface area contributed by atoms with Gasteiger partial charge < -0.3 is 24.6 Å². The van der Waals surface area contributed by atoms with Crippen molar-refractivity contribution in [1.82, 2.24) is 5.32 Å². The third-order valence-electron chi connectivity index (χ3n) is 4.15. The summed E-state index contributed by atoms with van der Waals surface area (Å²) in [5.74, 6) is 1.07. The van der Waals surface area contributed by atoms with E-state index in [1.165, 1.54) is 0 Å². The van der Waals surface area contributed by atoms with Crippen LogP contribution in [0.4, 0.5) is 0 Å². The average molecular weight is 293 g/mol. The summed E-state index contributed by atoms with van der Waals surface area (Å²) >= 11 is 0. The number of aliphatic hydroxyl groups excluding tert-OH is 1. The van der Waals surface area contributed by atoms with Crippen LogP contribution in [0.1, 0.15) is 23.2 Å². The maximum absolute atomic E-state index is 12.2. The quantitative estimate of drug-likeness (QED) is 0.864. The second kappa shape index (κ2) is 5.91. The Morgan fingerprint density at radius 2 is 2.00 bits per heavy atom. The van der Waals surface area contributed by atoms with Crippen molar-refractivity contribution in [1.29, 1.82) is 0 Å². The fraction of sp³-hybridized carbons (Fsp3) is 0.533. The van der Waals surface area contributed by atoms with Crippen molar-refractivity contribution in [3.63, 3.8) is 0 Å². The molecule has 2 N–H and O–H groups in total. The number of amides is 1. The van der Waals surface area contributed by atoms with Gasteiger partial charge in [-0.25, -0.2) is 0 Å². The van der Waals surface area contributed by atoms with Crippen LogP contribution in [0.3, 0.4) is 0 Å². The zero-order valence-electron chi connectivity index (χ0n) is 11.8. The van der Waals surface area contributed by atoms with E-state index in [-0.39, 0.29) is 24.7 Å². The minimum Gasteiger partial charge on any atom is -0.454 e. The highest BCUT2D eigenvalue weighted by Gasteiger charge is 2.32. The summed E-state index contributed by atoms with van der Waals surface area (Å²) < 4.78 is 15.8. The SMILES string of the molecule is O=C(NCC1(CO)CCOCC1)c1ccc2c(c1)OCO2. The molecule has 3 rings (SSSR count). The van der Waals surface area contributed by atoms with Gasteiger partial charge in [-0.3, -0.25) is 4.79 Å². The van der Waals surface area contributed by atoms with Crippen molar-refractivity contribution in [2.75, 3.05) is 33.2 Å². The van der Waals surface area contributed by atoms with E-state index in [0.29, 0.717) is 36.8 Å². The molecule has 2 heterocycles. The Morgan fingerprint density at radius 1 is 1.24 bits per heavy atom. The molecular weight excluding hydrogens is 274 g/mol. The van der Waals surface area contributed by atoms with Crippen LogP contribution in [0.15, 0.2) is 18.2 Å². The lowest BCUT2D eigenvalue weighted by atomic mass is 9.81. The number of carbonyl (C=O) groups excluding carboxylic acids is 1. The first-order valence-electron chi connectivity index (χ1n) is 7.09. The number of rotatable bonds is 4. The molecule has 1 aromatic carbocycles. The van der Waals surface area contributed by atoms with Crippen LogP contribution in [0, 0.1) is 5.41 Å².